The normalized spacial score (nSPS) is 10.7. The van der Waals surface area contributed by atoms with Gasteiger partial charge in [0.25, 0.3) is 0 Å². The number of rotatable bonds is 7. The van der Waals surface area contributed by atoms with Crippen molar-refractivity contribution in [2.45, 2.75) is 33.1 Å². The van der Waals surface area contributed by atoms with Gasteiger partial charge in [0.15, 0.2) is 0 Å². The van der Waals surface area contributed by atoms with Gasteiger partial charge in [-0.25, -0.2) is 0 Å². The fourth-order valence-corrected chi connectivity index (χ4v) is 2.58. The summed E-state index contributed by atoms with van der Waals surface area (Å²) in [6.07, 6.45) is 2.52. The molecule has 0 fully saturated rings. The summed E-state index contributed by atoms with van der Waals surface area (Å²) in [5.41, 5.74) is 2.84. The second kappa shape index (κ2) is 7.78. The van der Waals surface area contributed by atoms with Crippen LogP contribution < -0.4 is 4.90 Å². The van der Waals surface area contributed by atoms with E-state index in [2.05, 4.69) is 29.8 Å². The zero-order chi connectivity index (χ0) is 15.9. The number of fused-ring (bicyclic) bond motifs is 1. The third-order valence-electron chi connectivity index (χ3n) is 3.80. The van der Waals surface area contributed by atoms with Gasteiger partial charge in [0.1, 0.15) is 0 Å². The van der Waals surface area contributed by atoms with Gasteiger partial charge in [-0.15, -0.1) is 0 Å². The monoisotopic (exact) mass is 300 g/mol. The molecule has 118 valence electrons. The quantitative estimate of drug-likeness (QED) is 0.733. The van der Waals surface area contributed by atoms with Gasteiger partial charge in [0.05, 0.1) is 24.7 Å². The predicted molar refractivity (Wildman–Crippen MR) is 90.3 cm³/mol. The number of carbonyl (C=O) groups excluding carboxylic acids is 1. The van der Waals surface area contributed by atoms with E-state index in [-0.39, 0.29) is 12.4 Å². The number of esters is 1. The molecule has 0 aliphatic carbocycles. The van der Waals surface area contributed by atoms with Crippen molar-refractivity contribution in [1.82, 2.24) is 4.98 Å². The maximum absolute atomic E-state index is 11.6. The summed E-state index contributed by atoms with van der Waals surface area (Å²) >= 11 is 0. The molecule has 4 nitrogen and oxygen atoms in total. The number of para-hydroxylation sites is 1. The SMILES string of the molecule is CCCCN(CC)c1cc(CC(=O)OC)nc2ccccc12. The molecule has 0 radical (unpaired) electrons. The highest BCUT2D eigenvalue weighted by Gasteiger charge is 2.13. The van der Waals surface area contributed by atoms with Gasteiger partial charge in [0.2, 0.25) is 0 Å². The van der Waals surface area contributed by atoms with E-state index in [1.807, 2.05) is 24.3 Å². The highest BCUT2D eigenvalue weighted by atomic mass is 16.5. The molecular formula is C18H24N2O2. The Morgan fingerprint density at radius 3 is 2.73 bits per heavy atom. The van der Waals surface area contributed by atoms with E-state index in [1.165, 1.54) is 7.11 Å². The molecule has 0 spiro atoms. The number of unbranched alkanes of at least 4 members (excludes halogenated alkanes) is 1. The van der Waals surface area contributed by atoms with Crippen molar-refractivity contribution in [3.63, 3.8) is 0 Å². The Morgan fingerprint density at radius 2 is 2.05 bits per heavy atom. The Labute approximate surface area is 132 Å². The Balaban J connectivity index is 2.46. The van der Waals surface area contributed by atoms with Crippen molar-refractivity contribution in [2.75, 3.05) is 25.1 Å². The largest absolute Gasteiger partial charge is 0.469 e. The third-order valence-corrected chi connectivity index (χ3v) is 3.80. The number of hydrogen-bond donors (Lipinski definition) is 0. The zero-order valence-corrected chi connectivity index (χ0v) is 13.6. The molecule has 0 aliphatic rings. The van der Waals surface area contributed by atoms with E-state index in [9.17, 15) is 4.79 Å². The van der Waals surface area contributed by atoms with Crippen LogP contribution in [0.15, 0.2) is 30.3 Å². The Morgan fingerprint density at radius 1 is 1.27 bits per heavy atom. The molecule has 0 N–H and O–H groups in total. The van der Waals surface area contributed by atoms with Crippen LogP contribution in [0, 0.1) is 0 Å². The zero-order valence-electron chi connectivity index (χ0n) is 13.6. The highest BCUT2D eigenvalue weighted by Crippen LogP contribution is 2.27. The molecule has 2 rings (SSSR count). The molecule has 0 saturated heterocycles. The van der Waals surface area contributed by atoms with Crippen LogP contribution in [-0.4, -0.2) is 31.2 Å². The molecule has 0 aliphatic heterocycles. The number of anilines is 1. The average molecular weight is 300 g/mol. The molecular weight excluding hydrogens is 276 g/mol. The molecule has 0 saturated carbocycles. The van der Waals surface area contributed by atoms with Crippen LogP contribution in [0.4, 0.5) is 5.69 Å². The Bertz CT molecular complexity index is 640. The standard InChI is InChI=1S/C18H24N2O2/c1-4-6-11-20(5-2)17-12-14(13-18(21)22-3)19-16-10-8-7-9-15(16)17/h7-10,12H,4-6,11,13H2,1-3H3. The molecule has 2 aromatic rings. The van der Waals surface area contributed by atoms with Gasteiger partial charge in [-0.3, -0.25) is 9.78 Å². The first kappa shape index (κ1) is 16.3. The maximum Gasteiger partial charge on any atom is 0.311 e. The maximum atomic E-state index is 11.6. The second-order valence-corrected chi connectivity index (χ2v) is 5.34. The lowest BCUT2D eigenvalue weighted by Gasteiger charge is -2.25. The van der Waals surface area contributed by atoms with E-state index < -0.39 is 0 Å². The fraction of sp³-hybridized carbons (Fsp3) is 0.444. The number of ether oxygens (including phenoxy) is 1. The lowest BCUT2D eigenvalue weighted by Crippen LogP contribution is -2.24. The summed E-state index contributed by atoms with van der Waals surface area (Å²) in [6, 6.07) is 10.1. The summed E-state index contributed by atoms with van der Waals surface area (Å²) in [6.45, 7) is 6.30. The van der Waals surface area contributed by atoms with Crippen LogP contribution in [0.3, 0.4) is 0 Å². The van der Waals surface area contributed by atoms with Crippen LogP contribution in [0.25, 0.3) is 10.9 Å². The van der Waals surface area contributed by atoms with Crippen molar-refractivity contribution >= 4 is 22.6 Å². The molecule has 0 unspecified atom stereocenters. The topological polar surface area (TPSA) is 42.4 Å². The van der Waals surface area contributed by atoms with E-state index >= 15 is 0 Å². The predicted octanol–water partition coefficient (Wildman–Crippen LogP) is 3.58. The summed E-state index contributed by atoms with van der Waals surface area (Å²) in [5.74, 6) is -0.259. The molecule has 1 aromatic heterocycles. The van der Waals surface area contributed by atoms with Gasteiger partial charge in [-0.05, 0) is 25.5 Å². The summed E-state index contributed by atoms with van der Waals surface area (Å²) in [4.78, 5) is 18.5. The molecule has 0 bridgehead atoms. The first-order chi connectivity index (χ1) is 10.7. The van der Waals surface area contributed by atoms with E-state index in [4.69, 9.17) is 4.74 Å². The van der Waals surface area contributed by atoms with Crippen LogP contribution in [0.1, 0.15) is 32.4 Å². The lowest BCUT2D eigenvalue weighted by atomic mass is 10.1. The van der Waals surface area contributed by atoms with Crippen molar-refractivity contribution in [2.24, 2.45) is 0 Å². The minimum atomic E-state index is -0.259. The van der Waals surface area contributed by atoms with Crippen LogP contribution in [-0.2, 0) is 16.0 Å². The van der Waals surface area contributed by atoms with Crippen molar-refractivity contribution in [3.8, 4) is 0 Å². The van der Waals surface area contributed by atoms with Gasteiger partial charge in [0, 0.05) is 24.2 Å². The van der Waals surface area contributed by atoms with E-state index in [0.29, 0.717) is 0 Å². The highest BCUT2D eigenvalue weighted by molar-refractivity contribution is 5.92. The van der Waals surface area contributed by atoms with E-state index in [1.54, 1.807) is 0 Å². The van der Waals surface area contributed by atoms with Gasteiger partial charge in [-0.1, -0.05) is 31.5 Å². The van der Waals surface area contributed by atoms with Gasteiger partial charge < -0.3 is 9.64 Å². The minimum absolute atomic E-state index is 0.208. The number of methoxy groups -OCH3 is 1. The van der Waals surface area contributed by atoms with Crippen molar-refractivity contribution < 1.29 is 9.53 Å². The first-order valence-corrected chi connectivity index (χ1v) is 7.90. The number of benzene rings is 1. The van der Waals surface area contributed by atoms with Crippen LogP contribution >= 0.6 is 0 Å². The first-order valence-electron chi connectivity index (χ1n) is 7.90. The van der Waals surface area contributed by atoms with Crippen LogP contribution in [0.2, 0.25) is 0 Å². The number of aromatic nitrogens is 1. The summed E-state index contributed by atoms with van der Waals surface area (Å²) < 4.78 is 4.77. The van der Waals surface area contributed by atoms with Crippen LogP contribution in [0.5, 0.6) is 0 Å². The van der Waals surface area contributed by atoms with Crippen molar-refractivity contribution in [3.05, 3.63) is 36.0 Å². The smallest absolute Gasteiger partial charge is 0.311 e. The Kier molecular flexibility index (Phi) is 5.75. The molecule has 4 heteroatoms. The second-order valence-electron chi connectivity index (χ2n) is 5.34. The van der Waals surface area contributed by atoms with Gasteiger partial charge in [-0.2, -0.15) is 0 Å². The fourth-order valence-electron chi connectivity index (χ4n) is 2.58. The van der Waals surface area contributed by atoms with Gasteiger partial charge >= 0.3 is 5.97 Å². The number of hydrogen-bond acceptors (Lipinski definition) is 4. The molecule has 0 atom stereocenters. The minimum Gasteiger partial charge on any atom is -0.469 e. The molecule has 22 heavy (non-hydrogen) atoms. The number of nitrogens with zero attached hydrogens (tertiary/aromatic N) is 2. The van der Waals surface area contributed by atoms with Crippen molar-refractivity contribution in [1.29, 1.82) is 0 Å². The third kappa shape index (κ3) is 3.75. The summed E-state index contributed by atoms with van der Waals surface area (Å²) in [5, 5.41) is 1.13. The Hall–Kier alpha value is -2.10. The average Bonchev–Trinajstić information content (AvgIpc) is 2.55. The number of carbonyl (C=O) groups is 1. The molecule has 1 aromatic carbocycles. The number of pyridine rings is 1. The molecule has 0 amide bonds. The van der Waals surface area contributed by atoms with E-state index in [0.717, 1.165) is 48.2 Å². The molecule has 1 heterocycles. The lowest BCUT2D eigenvalue weighted by molar-refractivity contribution is -0.139. The summed E-state index contributed by atoms with van der Waals surface area (Å²) in [7, 11) is 1.41.